The molecule has 3 atom stereocenters. The second-order valence-electron chi connectivity index (χ2n) is 21.1. The lowest BCUT2D eigenvalue weighted by Gasteiger charge is -2.36. The van der Waals surface area contributed by atoms with Crippen LogP contribution in [-0.2, 0) is 45.8 Å². The van der Waals surface area contributed by atoms with Crippen molar-refractivity contribution >= 4 is 61.0 Å². The Hall–Kier alpha value is -4.42. The number of carbonyl (C=O) groups excluding carboxylic acids is 1. The van der Waals surface area contributed by atoms with Gasteiger partial charge in [-0.3, -0.25) is 9.48 Å². The second kappa shape index (κ2) is 20.4. The van der Waals surface area contributed by atoms with Gasteiger partial charge in [-0.2, -0.15) is 5.10 Å². The highest BCUT2D eigenvalue weighted by Gasteiger charge is 2.46. The molecule has 0 aliphatic heterocycles. The molecule has 17 heteroatoms. The van der Waals surface area contributed by atoms with Crippen molar-refractivity contribution in [1.29, 1.82) is 0 Å². The maximum atomic E-state index is 15.8. The lowest BCUT2D eigenvalue weighted by atomic mass is 9.82. The molecule has 2 heterocycles. The molecule has 0 spiro atoms. The first-order valence-corrected chi connectivity index (χ1v) is 30.1. The number of sulfone groups is 1. The number of methoxy groups -OCH3 is 1. The van der Waals surface area contributed by atoms with Gasteiger partial charge in [-0.25, -0.2) is 29.6 Å². The highest BCUT2D eigenvalue weighted by Crippen LogP contribution is 2.42. The SMILES string of the molecule is COC(=O)[C@H](C)Cc1cccc(C(C)(CCCC(C)(C)CS(=O)(=O)CCO[Si](C)(C)C(C)(C)C)n2ccc(-c3cc(Oc4ccc5c(ccn5S(=O)(=O)C5(C)CC=C(Br)C=C5F)c4)ccc3F)n2)c1. The Labute approximate surface area is 416 Å². The van der Waals surface area contributed by atoms with E-state index in [9.17, 15) is 21.6 Å². The first-order chi connectivity index (χ1) is 32.0. The van der Waals surface area contributed by atoms with Crippen LogP contribution in [0, 0.1) is 17.2 Å². The lowest BCUT2D eigenvalue weighted by Crippen LogP contribution is -2.42. The Morgan fingerprint density at radius 1 is 0.928 bits per heavy atom. The summed E-state index contributed by atoms with van der Waals surface area (Å²) in [6, 6.07) is 20.5. The Kier molecular flexibility index (Phi) is 15.9. The molecule has 2 unspecified atom stereocenters. The van der Waals surface area contributed by atoms with E-state index in [1.165, 1.54) is 38.4 Å². The van der Waals surface area contributed by atoms with Gasteiger partial charge in [-0.15, -0.1) is 0 Å². The Balaban J connectivity index is 1.24. The van der Waals surface area contributed by atoms with Crippen LogP contribution >= 0.6 is 15.9 Å². The summed E-state index contributed by atoms with van der Waals surface area (Å²) in [5.41, 5.74) is 1.39. The van der Waals surface area contributed by atoms with Crippen LogP contribution in [0.4, 0.5) is 8.78 Å². The monoisotopic (exact) mass is 1070 g/mol. The molecule has 0 amide bonds. The van der Waals surface area contributed by atoms with E-state index in [1.54, 1.807) is 48.7 Å². The summed E-state index contributed by atoms with van der Waals surface area (Å²) in [7, 11) is -8.38. The molecular formula is C52H66BrF2N3O8S2Si. The molecule has 374 valence electrons. The van der Waals surface area contributed by atoms with Crippen LogP contribution in [0.25, 0.3) is 22.2 Å². The zero-order valence-corrected chi connectivity index (χ0v) is 45.7. The second-order valence-corrected chi connectivity index (χ2v) is 31.2. The number of hydrogen-bond donors (Lipinski definition) is 0. The fourth-order valence-corrected chi connectivity index (χ4v) is 13.6. The van der Waals surface area contributed by atoms with Crippen LogP contribution in [-0.4, -0.2) is 74.8 Å². The van der Waals surface area contributed by atoms with Gasteiger partial charge in [0, 0.05) is 34.4 Å². The van der Waals surface area contributed by atoms with Crippen LogP contribution in [0.5, 0.6) is 11.5 Å². The van der Waals surface area contributed by atoms with E-state index in [0.29, 0.717) is 58.3 Å². The van der Waals surface area contributed by atoms with E-state index in [2.05, 4.69) is 62.8 Å². The minimum atomic E-state index is -4.22. The number of aromatic nitrogens is 3. The number of esters is 1. The number of allylic oxidation sites excluding steroid dienone is 3. The molecular weight excluding hydrogens is 1000 g/mol. The predicted molar refractivity (Wildman–Crippen MR) is 277 cm³/mol. The maximum Gasteiger partial charge on any atom is 0.308 e. The normalized spacial score (nSPS) is 17.5. The van der Waals surface area contributed by atoms with Gasteiger partial charge in [0.2, 0.25) is 0 Å². The fraction of sp³-hybridized carbons (Fsp3) is 0.462. The fourth-order valence-electron chi connectivity index (χ4n) is 8.53. The van der Waals surface area contributed by atoms with E-state index in [0.717, 1.165) is 15.1 Å². The lowest BCUT2D eigenvalue weighted by molar-refractivity contribution is -0.144. The number of rotatable bonds is 20. The first kappa shape index (κ1) is 53.9. The van der Waals surface area contributed by atoms with Gasteiger partial charge in [0.15, 0.2) is 18.2 Å². The van der Waals surface area contributed by atoms with Gasteiger partial charge in [-0.05, 0) is 129 Å². The third-order valence-electron chi connectivity index (χ3n) is 13.9. The van der Waals surface area contributed by atoms with Crippen LogP contribution in [0.1, 0.15) is 92.2 Å². The number of nitrogens with zero attached hydrogens (tertiary/aromatic N) is 3. The number of ether oxygens (including phenoxy) is 2. The van der Waals surface area contributed by atoms with E-state index in [1.807, 2.05) is 43.7 Å². The molecule has 0 saturated carbocycles. The molecule has 0 fully saturated rings. The van der Waals surface area contributed by atoms with Crippen molar-refractivity contribution in [2.24, 2.45) is 11.3 Å². The number of carbonyl (C=O) groups is 1. The average molecular weight is 1070 g/mol. The molecule has 69 heavy (non-hydrogen) atoms. The van der Waals surface area contributed by atoms with Crippen molar-refractivity contribution in [2.45, 2.75) is 116 Å². The quantitative estimate of drug-likeness (QED) is 0.0551. The molecule has 2 aromatic heterocycles. The van der Waals surface area contributed by atoms with Crippen molar-refractivity contribution in [3.8, 4) is 22.8 Å². The molecule has 11 nitrogen and oxygen atoms in total. The number of benzene rings is 3. The number of hydrogen-bond acceptors (Lipinski definition) is 9. The van der Waals surface area contributed by atoms with Gasteiger partial charge in [0.25, 0.3) is 10.0 Å². The zero-order valence-electron chi connectivity index (χ0n) is 41.5. The van der Waals surface area contributed by atoms with Crippen molar-refractivity contribution in [2.75, 3.05) is 25.2 Å². The third kappa shape index (κ3) is 12.0. The minimum Gasteiger partial charge on any atom is -0.469 e. The molecule has 1 aliphatic rings. The van der Waals surface area contributed by atoms with Gasteiger partial charge >= 0.3 is 5.97 Å². The van der Waals surface area contributed by atoms with Crippen molar-refractivity contribution < 1.29 is 44.3 Å². The van der Waals surface area contributed by atoms with Crippen LogP contribution in [0.2, 0.25) is 18.1 Å². The minimum absolute atomic E-state index is 0.0135. The predicted octanol–water partition coefficient (Wildman–Crippen LogP) is 12.7. The van der Waals surface area contributed by atoms with E-state index < -0.39 is 55.5 Å². The number of halogens is 3. The van der Waals surface area contributed by atoms with Crippen molar-refractivity contribution in [1.82, 2.24) is 13.8 Å². The Morgan fingerprint density at radius 3 is 2.30 bits per heavy atom. The molecule has 0 saturated heterocycles. The third-order valence-corrected chi connectivity index (χ3v) is 23.4. The molecule has 5 aromatic rings. The van der Waals surface area contributed by atoms with Gasteiger partial charge in [0.05, 0.1) is 41.3 Å². The van der Waals surface area contributed by atoms with Crippen molar-refractivity contribution in [3.63, 3.8) is 0 Å². The summed E-state index contributed by atoms with van der Waals surface area (Å²) in [5, 5.41) is 5.49. The average Bonchev–Trinajstić information content (AvgIpc) is 3.93. The summed E-state index contributed by atoms with van der Waals surface area (Å²) in [4.78, 5) is 12.4. The molecule has 0 radical (unpaired) electrons. The summed E-state index contributed by atoms with van der Waals surface area (Å²) >= 11 is 3.23. The first-order valence-electron chi connectivity index (χ1n) is 23.2. The van der Waals surface area contributed by atoms with Gasteiger partial charge in [-0.1, -0.05) is 94.2 Å². The van der Waals surface area contributed by atoms with E-state index in [4.69, 9.17) is 19.0 Å². The van der Waals surface area contributed by atoms with Crippen molar-refractivity contribution in [3.05, 3.63) is 125 Å². The van der Waals surface area contributed by atoms with Gasteiger partial charge < -0.3 is 13.9 Å². The molecule has 3 aromatic carbocycles. The van der Waals surface area contributed by atoms with Crippen LogP contribution in [0.15, 0.2) is 108 Å². The topological polar surface area (TPSA) is 136 Å². The Bertz CT molecular complexity index is 3000. The molecule has 6 rings (SSSR count). The van der Waals surface area contributed by atoms with E-state index in [-0.39, 0.29) is 47.0 Å². The summed E-state index contributed by atoms with van der Waals surface area (Å²) in [6.45, 7) is 20.0. The van der Waals surface area contributed by atoms with Gasteiger partial charge in [0.1, 0.15) is 27.9 Å². The molecule has 1 aliphatic carbocycles. The van der Waals surface area contributed by atoms with Crippen LogP contribution in [0.3, 0.4) is 0 Å². The summed E-state index contributed by atoms with van der Waals surface area (Å²) < 4.78 is 105. The summed E-state index contributed by atoms with van der Waals surface area (Å²) in [6.07, 6.45) is 8.20. The largest absolute Gasteiger partial charge is 0.469 e. The standard InChI is InChI=1S/C52H66BrF2N3O8S2Si/c1-36(48(59)64-9)30-37-14-12-15-39(31-37)51(7,24-13-23-50(5,6)35-67(60,61)29-28-65-69(10,11)49(2,3)4)58-27-22-45(56-58)43-34-42(16-18-44(43)54)66-41-17-19-46-38(32-41)21-26-57(46)68(62,63)52(8)25-20-40(53)33-47(52)55/h12,14-22,26-27,31-34,36H,13,23-25,28-30,35H2,1-11H3/t36-,51?,52?/m1/s1. The number of fused-ring (bicyclic) bond motifs is 1. The Morgan fingerprint density at radius 2 is 1.62 bits per heavy atom. The molecule has 0 bridgehead atoms. The van der Waals surface area contributed by atoms with Crippen LogP contribution < -0.4 is 4.74 Å². The molecule has 0 N–H and O–H groups in total. The highest BCUT2D eigenvalue weighted by molar-refractivity contribution is 9.11. The zero-order chi connectivity index (χ0) is 51.0. The maximum absolute atomic E-state index is 15.8. The van der Waals surface area contributed by atoms with E-state index >= 15 is 8.78 Å². The highest BCUT2D eigenvalue weighted by atomic mass is 79.9. The smallest absolute Gasteiger partial charge is 0.308 e. The summed E-state index contributed by atoms with van der Waals surface area (Å²) in [5.74, 6) is -1.32.